The van der Waals surface area contributed by atoms with Gasteiger partial charge in [0.2, 0.25) is 11.9 Å². The van der Waals surface area contributed by atoms with Crippen LogP contribution in [0.5, 0.6) is 0 Å². The van der Waals surface area contributed by atoms with Gasteiger partial charge in [0.25, 0.3) is 11.1 Å². The van der Waals surface area contributed by atoms with Crippen LogP contribution in [0.4, 0.5) is 22.2 Å². The first-order valence-electron chi connectivity index (χ1n) is 13.2. The van der Waals surface area contributed by atoms with Gasteiger partial charge in [-0.05, 0) is 51.5 Å². The average Bonchev–Trinajstić information content (AvgIpc) is 3.36. The molecule has 1 fully saturated rings. The summed E-state index contributed by atoms with van der Waals surface area (Å²) in [5.41, 5.74) is 13.1. The van der Waals surface area contributed by atoms with Crippen molar-refractivity contribution in [3.8, 4) is 0 Å². The molecule has 222 valence electrons. The van der Waals surface area contributed by atoms with E-state index in [1.54, 1.807) is 51.2 Å². The van der Waals surface area contributed by atoms with E-state index in [2.05, 4.69) is 25.3 Å². The number of anilines is 3. The molecule has 1 aromatic carbocycles. The number of nitrogens with one attached hydrogen (secondary N) is 1. The van der Waals surface area contributed by atoms with Crippen molar-refractivity contribution in [2.75, 3.05) is 35.7 Å². The number of fused-ring (bicyclic) bond motifs is 1. The zero-order valence-electron chi connectivity index (χ0n) is 23.8. The summed E-state index contributed by atoms with van der Waals surface area (Å²) in [5.74, 6) is -0.857. The number of hydrogen-bond acceptors (Lipinski definition) is 13. The molecule has 0 aliphatic carbocycles. The number of amides is 3. The van der Waals surface area contributed by atoms with Crippen molar-refractivity contribution in [1.29, 1.82) is 0 Å². The third kappa shape index (κ3) is 7.60. The molecule has 2 aromatic heterocycles. The van der Waals surface area contributed by atoms with E-state index in [4.69, 9.17) is 16.2 Å². The normalized spacial score (nSPS) is 14.1. The van der Waals surface area contributed by atoms with Gasteiger partial charge in [-0.15, -0.1) is 0 Å². The highest BCUT2D eigenvalue weighted by Gasteiger charge is 2.31. The van der Waals surface area contributed by atoms with Crippen LogP contribution in [0.1, 0.15) is 49.7 Å². The van der Waals surface area contributed by atoms with Crippen LogP contribution < -0.4 is 21.7 Å². The van der Waals surface area contributed by atoms with Crippen LogP contribution >= 0.6 is 11.8 Å². The van der Waals surface area contributed by atoms with Crippen LogP contribution in [0.25, 0.3) is 11.2 Å². The zero-order chi connectivity index (χ0) is 30.6. The van der Waals surface area contributed by atoms with E-state index in [0.717, 1.165) is 22.3 Å². The van der Waals surface area contributed by atoms with Crippen LogP contribution in [0.3, 0.4) is 0 Å². The Labute approximate surface area is 246 Å². The van der Waals surface area contributed by atoms with Gasteiger partial charge in [0, 0.05) is 37.0 Å². The molecule has 0 spiro atoms. The Bertz CT molecular complexity index is 1510. The van der Waals surface area contributed by atoms with Gasteiger partial charge in [-0.2, -0.15) is 9.97 Å². The van der Waals surface area contributed by atoms with Crippen molar-refractivity contribution in [1.82, 2.24) is 30.2 Å². The van der Waals surface area contributed by atoms with Crippen LogP contribution in [0, 0.1) is 0 Å². The van der Waals surface area contributed by atoms with Gasteiger partial charge in [-0.1, -0.05) is 11.8 Å². The van der Waals surface area contributed by atoms with Gasteiger partial charge in [0.1, 0.15) is 11.6 Å². The molecule has 14 nitrogen and oxygen atoms in total. The van der Waals surface area contributed by atoms with Crippen LogP contribution in [0.15, 0.2) is 30.5 Å². The minimum Gasteiger partial charge on any atom is -0.458 e. The smallest absolute Gasteiger partial charge is 0.329 e. The number of nitrogen functional groups attached to an aromatic ring is 2. The molecule has 4 rings (SSSR count). The number of benzene rings is 1. The lowest BCUT2D eigenvalue weighted by atomic mass is 10.1. The van der Waals surface area contributed by atoms with Gasteiger partial charge in [0.05, 0.1) is 18.4 Å². The van der Waals surface area contributed by atoms with Crippen molar-refractivity contribution < 1.29 is 23.9 Å². The Morgan fingerprint density at radius 2 is 1.86 bits per heavy atom. The zero-order valence-corrected chi connectivity index (χ0v) is 24.6. The fourth-order valence-electron chi connectivity index (χ4n) is 4.15. The Kier molecular flexibility index (Phi) is 9.09. The molecule has 3 amide bonds. The topological polar surface area (TPSA) is 200 Å². The summed E-state index contributed by atoms with van der Waals surface area (Å²) in [6.45, 7) is 5.86. The molecule has 15 heteroatoms. The van der Waals surface area contributed by atoms with E-state index < -0.39 is 29.4 Å². The highest BCUT2D eigenvalue weighted by Crippen LogP contribution is 2.21. The molecule has 5 N–H and O–H groups in total. The van der Waals surface area contributed by atoms with E-state index in [9.17, 15) is 19.2 Å². The van der Waals surface area contributed by atoms with Crippen molar-refractivity contribution >= 4 is 63.4 Å². The second-order valence-corrected chi connectivity index (χ2v) is 11.7. The quantitative estimate of drug-likeness (QED) is 0.304. The monoisotopic (exact) mass is 595 g/mol. The molecule has 1 aliphatic heterocycles. The first kappa shape index (κ1) is 30.4. The van der Waals surface area contributed by atoms with Crippen LogP contribution in [-0.4, -0.2) is 78.8 Å². The molecule has 42 heavy (non-hydrogen) atoms. The highest BCUT2D eigenvalue weighted by molar-refractivity contribution is 8.13. The molecule has 0 radical (unpaired) electrons. The number of hydrogen-bond donors (Lipinski definition) is 3. The van der Waals surface area contributed by atoms with E-state index in [1.165, 1.54) is 0 Å². The maximum Gasteiger partial charge on any atom is 0.329 e. The molecule has 1 saturated heterocycles. The first-order chi connectivity index (χ1) is 19.8. The molecule has 1 atom stereocenters. The number of nitrogens with zero attached hydrogens (tertiary/aromatic N) is 6. The summed E-state index contributed by atoms with van der Waals surface area (Å²) in [5, 5.41) is 2.38. The summed E-state index contributed by atoms with van der Waals surface area (Å²) >= 11 is 1.08. The Balaban J connectivity index is 1.41. The minimum absolute atomic E-state index is 0.0102. The van der Waals surface area contributed by atoms with E-state index in [0.29, 0.717) is 41.3 Å². The molecule has 1 aliphatic rings. The van der Waals surface area contributed by atoms with Crippen LogP contribution in [-0.2, 0) is 20.9 Å². The number of rotatable bonds is 9. The number of nitrogens with two attached hydrogens (primary N) is 2. The van der Waals surface area contributed by atoms with Crippen molar-refractivity contribution in [3.05, 3.63) is 41.7 Å². The number of ether oxygens (including phenoxy) is 1. The predicted octanol–water partition coefficient (Wildman–Crippen LogP) is 2.14. The maximum absolute atomic E-state index is 13.1. The van der Waals surface area contributed by atoms with E-state index in [1.807, 2.05) is 11.9 Å². The number of thioether (sulfide) groups is 1. The lowest BCUT2D eigenvalue weighted by molar-refractivity contribution is -0.157. The number of imide groups is 1. The molecule has 0 unspecified atom stereocenters. The molecular formula is C27H33N9O5S. The highest BCUT2D eigenvalue weighted by atomic mass is 32.2. The lowest BCUT2D eigenvalue weighted by Gasteiger charge is -2.25. The fraction of sp³-hybridized carbons (Fsp3) is 0.407. The van der Waals surface area contributed by atoms with Crippen molar-refractivity contribution in [2.45, 2.75) is 51.8 Å². The lowest BCUT2D eigenvalue weighted by Crippen LogP contribution is -2.45. The van der Waals surface area contributed by atoms with Gasteiger partial charge < -0.3 is 26.4 Å². The maximum atomic E-state index is 13.1. The fourth-order valence-corrected chi connectivity index (χ4v) is 4.94. The minimum atomic E-state index is -1.08. The molecule has 3 heterocycles. The van der Waals surface area contributed by atoms with Crippen molar-refractivity contribution in [3.63, 3.8) is 0 Å². The van der Waals surface area contributed by atoms with Gasteiger partial charge in [0.15, 0.2) is 17.0 Å². The summed E-state index contributed by atoms with van der Waals surface area (Å²) in [6, 6.07) is 5.68. The van der Waals surface area contributed by atoms with Gasteiger partial charge in [-0.3, -0.25) is 19.3 Å². The first-order valence-corrected chi connectivity index (χ1v) is 14.2. The Morgan fingerprint density at radius 3 is 2.50 bits per heavy atom. The summed E-state index contributed by atoms with van der Waals surface area (Å²) < 4.78 is 5.47. The van der Waals surface area contributed by atoms with E-state index >= 15 is 0 Å². The standard InChI is InChI=1S/C27H33N9O5S/c1-27(2,3)41-24(39)18(9-10-19(37)36-11-12-42-26(36)40)32-23(38)15-5-7-17(8-6-15)35(4)14-16-13-30-22-20(31-16)21(28)33-25(29)34-22/h5-8,13,18H,9-12,14H2,1-4H3,(H,32,38)(H4,28,29,30,33,34)/t18-/m0/s1. The number of aromatic nitrogens is 4. The molecule has 0 bridgehead atoms. The van der Waals surface area contributed by atoms with Crippen molar-refractivity contribution in [2.24, 2.45) is 0 Å². The Hall–Kier alpha value is -4.53. The average molecular weight is 596 g/mol. The summed E-state index contributed by atoms with van der Waals surface area (Å²) in [4.78, 5) is 70.2. The SMILES string of the molecule is CN(Cc1cnc2nc(N)nc(N)c2n1)c1ccc(C(=O)N[C@@H](CCC(=O)N2CCSC2=O)C(=O)OC(C)(C)C)cc1. The molecule has 3 aromatic rings. The second kappa shape index (κ2) is 12.5. The number of carbonyl (C=O) groups is 4. The summed E-state index contributed by atoms with van der Waals surface area (Å²) in [6.07, 6.45) is 1.47. The third-order valence-corrected chi connectivity index (χ3v) is 7.03. The molecular weight excluding hydrogens is 562 g/mol. The van der Waals surface area contributed by atoms with E-state index in [-0.39, 0.29) is 29.8 Å². The largest absolute Gasteiger partial charge is 0.458 e. The summed E-state index contributed by atoms with van der Waals surface area (Å²) in [7, 11) is 1.85. The van der Waals surface area contributed by atoms with Gasteiger partial charge >= 0.3 is 5.97 Å². The third-order valence-electron chi connectivity index (χ3n) is 6.18. The molecule has 0 saturated carbocycles. The second-order valence-electron chi connectivity index (χ2n) is 10.7. The van der Waals surface area contributed by atoms with Gasteiger partial charge in [-0.25, -0.2) is 14.8 Å². The Morgan fingerprint density at radius 1 is 1.14 bits per heavy atom. The number of carbonyl (C=O) groups excluding carboxylic acids is 4. The van der Waals surface area contributed by atoms with Crippen LogP contribution in [0.2, 0.25) is 0 Å². The predicted molar refractivity (Wildman–Crippen MR) is 158 cm³/mol. The number of esters is 1.